The molecule has 104 valence electrons. The summed E-state index contributed by atoms with van der Waals surface area (Å²) in [5.74, 6) is 1.58. The van der Waals surface area contributed by atoms with Crippen LogP contribution >= 0.6 is 27.3 Å². The maximum Gasteiger partial charge on any atom is 0.283 e. The second-order valence-corrected chi connectivity index (χ2v) is 6.29. The molecule has 0 aliphatic carbocycles. The Bertz CT molecular complexity index is 677. The van der Waals surface area contributed by atoms with Crippen LogP contribution < -0.4 is 0 Å². The average Bonchev–Trinajstić information content (AvgIpc) is 3.10. The first kappa shape index (κ1) is 13.5. The van der Waals surface area contributed by atoms with E-state index in [-0.39, 0.29) is 0 Å². The van der Waals surface area contributed by atoms with Crippen molar-refractivity contribution in [1.82, 2.24) is 15.1 Å². The summed E-state index contributed by atoms with van der Waals surface area (Å²) in [6, 6.07) is 5.70. The van der Waals surface area contributed by atoms with E-state index in [0.29, 0.717) is 24.1 Å². The van der Waals surface area contributed by atoms with Crippen molar-refractivity contribution in [2.75, 3.05) is 7.05 Å². The third-order valence-electron chi connectivity index (χ3n) is 2.65. The molecule has 0 N–H and O–H groups in total. The minimum absolute atomic E-state index is 0.414. The highest BCUT2D eigenvalue weighted by atomic mass is 79.9. The number of halogens is 1. The van der Waals surface area contributed by atoms with Gasteiger partial charge in [-0.1, -0.05) is 0 Å². The number of hydrogen-bond donors (Lipinski definition) is 0. The summed E-state index contributed by atoms with van der Waals surface area (Å²) in [6.45, 7) is 1.44. The lowest BCUT2D eigenvalue weighted by molar-refractivity contribution is 0.284. The van der Waals surface area contributed by atoms with Crippen molar-refractivity contribution in [2.45, 2.75) is 13.1 Å². The highest BCUT2D eigenvalue weighted by molar-refractivity contribution is 9.10. The third-order valence-corrected chi connectivity index (χ3v) is 4.33. The molecule has 3 aromatic rings. The Morgan fingerprint density at radius 2 is 2.25 bits per heavy atom. The molecule has 0 atom stereocenters. The molecule has 0 aliphatic rings. The fraction of sp³-hybridized carbons (Fsp3) is 0.231. The fourth-order valence-corrected chi connectivity index (χ4v) is 3.34. The molecule has 3 aromatic heterocycles. The van der Waals surface area contributed by atoms with E-state index in [1.165, 1.54) is 4.88 Å². The van der Waals surface area contributed by atoms with E-state index >= 15 is 0 Å². The van der Waals surface area contributed by atoms with E-state index in [0.717, 1.165) is 11.0 Å². The van der Waals surface area contributed by atoms with Crippen LogP contribution in [0.25, 0.3) is 11.7 Å². The first-order chi connectivity index (χ1) is 9.70. The second kappa shape index (κ2) is 5.90. The van der Waals surface area contributed by atoms with Crippen molar-refractivity contribution >= 4 is 27.3 Å². The predicted molar refractivity (Wildman–Crippen MR) is 79.2 cm³/mol. The van der Waals surface area contributed by atoms with Crippen LogP contribution in [-0.4, -0.2) is 22.1 Å². The molecule has 0 radical (unpaired) electrons. The number of hydrogen-bond acceptors (Lipinski definition) is 6. The minimum atomic E-state index is 0.414. The van der Waals surface area contributed by atoms with Crippen LogP contribution in [0.1, 0.15) is 10.8 Å². The zero-order chi connectivity index (χ0) is 13.9. The predicted octanol–water partition coefficient (Wildman–Crippen LogP) is 3.79. The Kier molecular flexibility index (Phi) is 4.00. The van der Waals surface area contributed by atoms with Gasteiger partial charge in [-0.3, -0.25) is 4.90 Å². The highest BCUT2D eigenvalue weighted by Crippen LogP contribution is 2.22. The molecule has 20 heavy (non-hydrogen) atoms. The van der Waals surface area contributed by atoms with Crippen LogP contribution in [0.2, 0.25) is 0 Å². The van der Waals surface area contributed by atoms with Crippen LogP contribution in [0.4, 0.5) is 0 Å². The summed E-state index contributed by atoms with van der Waals surface area (Å²) >= 11 is 5.18. The van der Waals surface area contributed by atoms with Gasteiger partial charge in [-0.2, -0.15) is 0 Å². The van der Waals surface area contributed by atoms with Crippen molar-refractivity contribution in [3.63, 3.8) is 0 Å². The molecule has 5 nitrogen and oxygen atoms in total. The van der Waals surface area contributed by atoms with Gasteiger partial charge in [-0.05, 0) is 41.2 Å². The van der Waals surface area contributed by atoms with Crippen molar-refractivity contribution in [1.29, 1.82) is 0 Å². The van der Waals surface area contributed by atoms with Gasteiger partial charge in [0, 0.05) is 21.3 Å². The Morgan fingerprint density at radius 3 is 2.95 bits per heavy atom. The molecule has 0 amide bonds. The molecule has 0 saturated heterocycles. The normalized spacial score (nSPS) is 11.3. The van der Waals surface area contributed by atoms with Crippen molar-refractivity contribution in [2.24, 2.45) is 0 Å². The topological polar surface area (TPSA) is 55.3 Å². The van der Waals surface area contributed by atoms with Gasteiger partial charge in [-0.25, -0.2) is 0 Å². The number of furan rings is 1. The first-order valence-corrected chi connectivity index (χ1v) is 7.65. The first-order valence-electron chi connectivity index (χ1n) is 5.98. The Labute approximate surface area is 128 Å². The van der Waals surface area contributed by atoms with E-state index in [9.17, 15) is 0 Å². The standard InChI is InChI=1S/C13H12BrN3O2S/c1-17(6-10-5-9(14)8-20-10)7-12-15-16-13(19-12)11-3-2-4-18-11/h2-5,8H,6-7H2,1H3. The summed E-state index contributed by atoms with van der Waals surface area (Å²) in [5.41, 5.74) is 0. The van der Waals surface area contributed by atoms with Crippen LogP contribution in [-0.2, 0) is 13.1 Å². The molecule has 0 aromatic carbocycles. The number of aromatic nitrogens is 2. The van der Waals surface area contributed by atoms with E-state index < -0.39 is 0 Å². The zero-order valence-corrected chi connectivity index (χ0v) is 13.1. The third kappa shape index (κ3) is 3.17. The average molecular weight is 354 g/mol. The smallest absolute Gasteiger partial charge is 0.283 e. The monoisotopic (exact) mass is 353 g/mol. The minimum Gasteiger partial charge on any atom is -0.459 e. The SMILES string of the molecule is CN(Cc1nnc(-c2ccco2)o1)Cc1cc(Br)cs1. The molecular formula is C13H12BrN3O2S. The maximum absolute atomic E-state index is 5.58. The van der Waals surface area contributed by atoms with Gasteiger partial charge >= 0.3 is 0 Å². The van der Waals surface area contributed by atoms with Gasteiger partial charge < -0.3 is 8.83 Å². The molecule has 0 unspecified atom stereocenters. The summed E-state index contributed by atoms with van der Waals surface area (Å²) in [4.78, 5) is 3.41. The molecule has 3 heterocycles. The van der Waals surface area contributed by atoms with Crippen LogP contribution in [0, 0.1) is 0 Å². The van der Waals surface area contributed by atoms with E-state index in [1.54, 1.807) is 29.7 Å². The van der Waals surface area contributed by atoms with Crippen molar-refractivity contribution in [3.8, 4) is 11.7 Å². The molecule has 0 saturated carbocycles. The van der Waals surface area contributed by atoms with Gasteiger partial charge in [0.05, 0.1) is 12.8 Å². The van der Waals surface area contributed by atoms with Gasteiger partial charge in [-0.15, -0.1) is 21.5 Å². The highest BCUT2D eigenvalue weighted by Gasteiger charge is 2.13. The van der Waals surface area contributed by atoms with Gasteiger partial charge in [0.1, 0.15) is 0 Å². The Morgan fingerprint density at radius 1 is 1.35 bits per heavy atom. The summed E-state index contributed by atoms with van der Waals surface area (Å²) in [5, 5.41) is 10.1. The van der Waals surface area contributed by atoms with Gasteiger partial charge in [0.2, 0.25) is 5.89 Å². The lowest BCUT2D eigenvalue weighted by atomic mass is 10.4. The largest absolute Gasteiger partial charge is 0.459 e. The van der Waals surface area contributed by atoms with Crippen LogP contribution in [0.5, 0.6) is 0 Å². The van der Waals surface area contributed by atoms with E-state index in [1.807, 2.05) is 7.05 Å². The molecule has 7 heteroatoms. The number of thiophene rings is 1. The lowest BCUT2D eigenvalue weighted by Gasteiger charge is -2.12. The second-order valence-electron chi connectivity index (χ2n) is 4.38. The zero-order valence-electron chi connectivity index (χ0n) is 10.7. The summed E-state index contributed by atoms with van der Waals surface area (Å²) < 4.78 is 11.9. The van der Waals surface area contributed by atoms with E-state index in [4.69, 9.17) is 8.83 Å². The maximum atomic E-state index is 5.58. The summed E-state index contributed by atoms with van der Waals surface area (Å²) in [7, 11) is 2.02. The molecule has 0 aliphatic heterocycles. The van der Waals surface area contributed by atoms with Crippen molar-refractivity contribution in [3.05, 3.63) is 45.1 Å². The fourth-order valence-electron chi connectivity index (χ4n) is 1.81. The van der Waals surface area contributed by atoms with Crippen LogP contribution in [0.3, 0.4) is 0 Å². The Hall–Kier alpha value is -1.44. The van der Waals surface area contributed by atoms with E-state index in [2.05, 4.69) is 42.5 Å². The van der Waals surface area contributed by atoms with Crippen LogP contribution in [0.15, 0.2) is 43.1 Å². The summed E-state index contributed by atoms with van der Waals surface area (Å²) in [6.07, 6.45) is 1.58. The molecule has 0 fully saturated rings. The lowest BCUT2D eigenvalue weighted by Crippen LogP contribution is -2.16. The van der Waals surface area contributed by atoms with Crippen molar-refractivity contribution < 1.29 is 8.83 Å². The molecule has 0 spiro atoms. The number of rotatable bonds is 5. The Balaban J connectivity index is 1.63. The quantitative estimate of drug-likeness (QED) is 0.698. The molecule has 0 bridgehead atoms. The number of nitrogens with zero attached hydrogens (tertiary/aromatic N) is 3. The van der Waals surface area contributed by atoms with Gasteiger partial charge in [0.15, 0.2) is 5.76 Å². The molecule has 3 rings (SSSR count). The molecular weight excluding hydrogens is 342 g/mol. The van der Waals surface area contributed by atoms with Gasteiger partial charge in [0.25, 0.3) is 5.89 Å².